The fourth-order valence-electron chi connectivity index (χ4n) is 2.22. The van der Waals surface area contributed by atoms with Crippen LogP contribution in [0, 0.1) is 12.7 Å². The zero-order chi connectivity index (χ0) is 13.2. The van der Waals surface area contributed by atoms with Crippen molar-refractivity contribution < 1.29 is 4.39 Å². The third kappa shape index (κ3) is 2.59. The molecule has 2 aromatic rings. The summed E-state index contributed by atoms with van der Waals surface area (Å²) >= 11 is 0. The molecule has 2 aromatic carbocycles. The van der Waals surface area contributed by atoms with Gasteiger partial charge in [0.25, 0.3) is 0 Å². The topological polar surface area (TPSA) is 26.0 Å². The molecule has 94 valence electrons. The number of hydrogen-bond donors (Lipinski definition) is 1. The first kappa shape index (κ1) is 12.8. The molecule has 0 bridgehead atoms. The second-order valence-electron chi connectivity index (χ2n) is 5.00. The van der Waals surface area contributed by atoms with Gasteiger partial charge in [-0.3, -0.25) is 0 Å². The molecule has 0 aliphatic rings. The fraction of sp³-hybridized carbons (Fsp3) is 0.250. The standard InChI is InChI=1S/C16H18FN/c1-12-7-3-4-8-13(12)11-16(2,18)14-9-5-6-10-15(14)17/h3-10H,11,18H2,1-2H3. The van der Waals surface area contributed by atoms with Crippen molar-refractivity contribution in [3.05, 3.63) is 71.0 Å². The van der Waals surface area contributed by atoms with E-state index in [9.17, 15) is 4.39 Å². The van der Waals surface area contributed by atoms with Crippen LogP contribution in [0.2, 0.25) is 0 Å². The van der Waals surface area contributed by atoms with Gasteiger partial charge in [-0.2, -0.15) is 0 Å². The van der Waals surface area contributed by atoms with Crippen LogP contribution in [-0.2, 0) is 12.0 Å². The van der Waals surface area contributed by atoms with Gasteiger partial charge in [0.2, 0.25) is 0 Å². The first-order valence-corrected chi connectivity index (χ1v) is 6.09. The van der Waals surface area contributed by atoms with E-state index in [0.717, 1.165) is 5.56 Å². The van der Waals surface area contributed by atoms with Crippen LogP contribution in [0.1, 0.15) is 23.6 Å². The molecule has 0 radical (unpaired) electrons. The predicted molar refractivity (Wildman–Crippen MR) is 72.8 cm³/mol. The molecule has 2 heteroatoms. The van der Waals surface area contributed by atoms with Crippen LogP contribution in [0.3, 0.4) is 0 Å². The highest BCUT2D eigenvalue weighted by Gasteiger charge is 2.25. The Morgan fingerprint density at radius 1 is 1.06 bits per heavy atom. The monoisotopic (exact) mass is 243 g/mol. The lowest BCUT2D eigenvalue weighted by atomic mass is 9.85. The number of rotatable bonds is 3. The minimum absolute atomic E-state index is 0.240. The Kier molecular flexibility index (Phi) is 3.48. The van der Waals surface area contributed by atoms with E-state index in [1.807, 2.05) is 44.2 Å². The van der Waals surface area contributed by atoms with Crippen LogP contribution in [-0.4, -0.2) is 0 Å². The lowest BCUT2D eigenvalue weighted by molar-refractivity contribution is 0.456. The van der Waals surface area contributed by atoms with Crippen molar-refractivity contribution >= 4 is 0 Å². The number of aryl methyl sites for hydroxylation is 1. The summed E-state index contributed by atoms with van der Waals surface area (Å²) in [5, 5.41) is 0. The summed E-state index contributed by atoms with van der Waals surface area (Å²) < 4.78 is 13.8. The van der Waals surface area contributed by atoms with Gasteiger partial charge in [0, 0.05) is 11.1 Å². The number of benzene rings is 2. The van der Waals surface area contributed by atoms with E-state index in [4.69, 9.17) is 5.73 Å². The molecule has 0 aliphatic heterocycles. The molecular formula is C16H18FN. The van der Waals surface area contributed by atoms with Gasteiger partial charge in [0.05, 0.1) is 0 Å². The van der Waals surface area contributed by atoms with Crippen LogP contribution in [0.4, 0.5) is 4.39 Å². The minimum atomic E-state index is -0.697. The van der Waals surface area contributed by atoms with Gasteiger partial charge in [-0.05, 0) is 37.5 Å². The second-order valence-corrected chi connectivity index (χ2v) is 5.00. The van der Waals surface area contributed by atoms with Crippen molar-refractivity contribution in [3.8, 4) is 0 Å². The number of halogens is 1. The van der Waals surface area contributed by atoms with Crippen molar-refractivity contribution in [2.24, 2.45) is 5.73 Å². The lowest BCUT2D eigenvalue weighted by Crippen LogP contribution is -2.36. The van der Waals surface area contributed by atoms with Crippen LogP contribution < -0.4 is 5.73 Å². The molecule has 2 rings (SSSR count). The molecule has 0 spiro atoms. The Hall–Kier alpha value is -1.67. The Bertz CT molecular complexity index is 546. The zero-order valence-corrected chi connectivity index (χ0v) is 10.8. The second kappa shape index (κ2) is 4.91. The van der Waals surface area contributed by atoms with E-state index < -0.39 is 5.54 Å². The molecule has 2 N–H and O–H groups in total. The summed E-state index contributed by atoms with van der Waals surface area (Å²) in [5.74, 6) is -0.240. The van der Waals surface area contributed by atoms with Gasteiger partial charge < -0.3 is 5.73 Å². The smallest absolute Gasteiger partial charge is 0.128 e. The Morgan fingerprint density at radius 3 is 2.33 bits per heavy atom. The van der Waals surface area contributed by atoms with Crippen LogP contribution in [0.15, 0.2) is 48.5 Å². The first-order chi connectivity index (χ1) is 8.50. The lowest BCUT2D eigenvalue weighted by Gasteiger charge is -2.26. The van der Waals surface area contributed by atoms with Gasteiger partial charge in [-0.15, -0.1) is 0 Å². The average molecular weight is 243 g/mol. The van der Waals surface area contributed by atoms with E-state index in [1.165, 1.54) is 11.6 Å². The third-order valence-electron chi connectivity index (χ3n) is 3.31. The van der Waals surface area contributed by atoms with E-state index >= 15 is 0 Å². The van der Waals surface area contributed by atoms with Crippen LogP contribution >= 0.6 is 0 Å². The molecule has 0 fully saturated rings. The summed E-state index contributed by atoms with van der Waals surface area (Å²) in [6, 6.07) is 14.8. The fourth-order valence-corrected chi connectivity index (χ4v) is 2.22. The molecule has 0 aromatic heterocycles. The molecule has 0 amide bonds. The van der Waals surface area contributed by atoms with Gasteiger partial charge >= 0.3 is 0 Å². The van der Waals surface area contributed by atoms with Crippen molar-refractivity contribution in [1.29, 1.82) is 0 Å². The van der Waals surface area contributed by atoms with Crippen LogP contribution in [0.5, 0.6) is 0 Å². The average Bonchev–Trinajstić information content (AvgIpc) is 2.32. The van der Waals surface area contributed by atoms with Crippen molar-refractivity contribution in [2.75, 3.05) is 0 Å². The Labute approximate surface area is 107 Å². The van der Waals surface area contributed by atoms with Crippen molar-refractivity contribution in [1.82, 2.24) is 0 Å². The quantitative estimate of drug-likeness (QED) is 0.876. The first-order valence-electron chi connectivity index (χ1n) is 6.09. The van der Waals surface area contributed by atoms with Crippen molar-refractivity contribution in [2.45, 2.75) is 25.8 Å². The molecule has 0 saturated carbocycles. The highest BCUT2D eigenvalue weighted by atomic mass is 19.1. The maximum atomic E-state index is 13.8. The highest BCUT2D eigenvalue weighted by molar-refractivity contribution is 5.32. The molecule has 18 heavy (non-hydrogen) atoms. The molecule has 0 aliphatic carbocycles. The van der Waals surface area contributed by atoms with Gasteiger partial charge in [-0.1, -0.05) is 42.5 Å². The summed E-state index contributed by atoms with van der Waals surface area (Å²) in [4.78, 5) is 0. The van der Waals surface area contributed by atoms with E-state index in [2.05, 4.69) is 0 Å². The van der Waals surface area contributed by atoms with E-state index in [1.54, 1.807) is 12.1 Å². The zero-order valence-electron chi connectivity index (χ0n) is 10.8. The van der Waals surface area contributed by atoms with Gasteiger partial charge in [0.15, 0.2) is 0 Å². The van der Waals surface area contributed by atoms with E-state index in [-0.39, 0.29) is 5.82 Å². The summed E-state index contributed by atoms with van der Waals surface area (Å²) in [7, 11) is 0. The highest BCUT2D eigenvalue weighted by Crippen LogP contribution is 2.26. The van der Waals surface area contributed by atoms with Gasteiger partial charge in [-0.25, -0.2) is 4.39 Å². The molecule has 1 atom stereocenters. The maximum Gasteiger partial charge on any atom is 0.128 e. The normalized spacial score (nSPS) is 14.2. The summed E-state index contributed by atoms with van der Waals surface area (Å²) in [5.41, 5.74) is 8.51. The molecular weight excluding hydrogens is 225 g/mol. The molecule has 1 nitrogen and oxygen atoms in total. The van der Waals surface area contributed by atoms with Crippen LogP contribution in [0.25, 0.3) is 0 Å². The largest absolute Gasteiger partial charge is 0.321 e. The third-order valence-corrected chi connectivity index (χ3v) is 3.31. The number of hydrogen-bond acceptors (Lipinski definition) is 1. The summed E-state index contributed by atoms with van der Waals surface area (Å²) in [6.45, 7) is 3.92. The molecule has 0 heterocycles. The van der Waals surface area contributed by atoms with E-state index in [0.29, 0.717) is 12.0 Å². The SMILES string of the molecule is Cc1ccccc1CC(C)(N)c1ccccc1F. The maximum absolute atomic E-state index is 13.8. The number of nitrogens with two attached hydrogens (primary N) is 1. The minimum Gasteiger partial charge on any atom is -0.321 e. The Balaban J connectivity index is 2.33. The predicted octanol–water partition coefficient (Wildman–Crippen LogP) is 3.55. The Morgan fingerprint density at radius 2 is 1.67 bits per heavy atom. The molecule has 0 saturated heterocycles. The van der Waals surface area contributed by atoms with Gasteiger partial charge in [0.1, 0.15) is 5.82 Å². The van der Waals surface area contributed by atoms with Crippen molar-refractivity contribution in [3.63, 3.8) is 0 Å². The summed E-state index contributed by atoms with van der Waals surface area (Å²) in [6.07, 6.45) is 0.626. The molecule has 1 unspecified atom stereocenters.